The van der Waals surface area contributed by atoms with Crippen molar-refractivity contribution in [3.8, 4) is 0 Å². The Kier molecular flexibility index (Phi) is 2.87. The van der Waals surface area contributed by atoms with E-state index in [4.69, 9.17) is 0 Å². The Morgan fingerprint density at radius 2 is 2.15 bits per heavy atom. The Morgan fingerprint density at radius 1 is 1.40 bits per heavy atom. The van der Waals surface area contributed by atoms with Crippen LogP contribution in [-0.2, 0) is 0 Å². The number of hydrogen-bond acceptors (Lipinski definition) is 3. The lowest BCUT2D eigenvalue weighted by atomic mass is 10.1. The Hall–Kier alpha value is -2.14. The molecule has 2 N–H and O–H groups in total. The molecule has 0 spiro atoms. The Bertz CT molecular complexity index is 733. The van der Waals surface area contributed by atoms with Gasteiger partial charge in [0.15, 0.2) is 5.43 Å². The summed E-state index contributed by atoms with van der Waals surface area (Å²) >= 11 is 0. The predicted molar refractivity (Wildman–Crippen MR) is 75.7 cm³/mol. The first-order valence-electron chi connectivity index (χ1n) is 6.60. The van der Waals surface area contributed by atoms with Crippen molar-refractivity contribution in [1.29, 1.82) is 0 Å². The third-order valence-electron chi connectivity index (χ3n) is 3.71. The van der Waals surface area contributed by atoms with Crippen molar-refractivity contribution >= 4 is 16.8 Å². The van der Waals surface area contributed by atoms with Gasteiger partial charge in [-0.1, -0.05) is 12.1 Å². The van der Waals surface area contributed by atoms with E-state index >= 15 is 0 Å². The fourth-order valence-corrected chi connectivity index (χ4v) is 2.60. The number of likely N-dealkylation sites (tertiary alicyclic amines) is 1. The number of nitrogens with zero attached hydrogens (tertiary/aromatic N) is 1. The number of aliphatic hydroxyl groups is 1. The van der Waals surface area contributed by atoms with Gasteiger partial charge in [0.25, 0.3) is 5.91 Å². The molecule has 2 heterocycles. The number of amides is 1. The van der Waals surface area contributed by atoms with Crippen LogP contribution in [-0.4, -0.2) is 39.6 Å². The van der Waals surface area contributed by atoms with Crippen LogP contribution in [0, 0.1) is 0 Å². The van der Waals surface area contributed by atoms with Gasteiger partial charge in [0.1, 0.15) is 5.69 Å². The molecule has 1 amide bonds. The standard InChI is InChI=1S/C15H16N2O3/c1-15(20)6-7-17(9-15)14(19)12-8-13(18)10-4-2-3-5-11(10)16-12/h2-5,8,20H,6-7,9H2,1H3,(H,16,18). The average molecular weight is 272 g/mol. The molecule has 1 aromatic heterocycles. The quantitative estimate of drug-likeness (QED) is 0.817. The number of fused-ring (bicyclic) bond motifs is 1. The van der Waals surface area contributed by atoms with Gasteiger partial charge in [-0.05, 0) is 25.5 Å². The number of para-hydroxylation sites is 1. The average Bonchev–Trinajstić information content (AvgIpc) is 2.78. The van der Waals surface area contributed by atoms with Crippen LogP contribution in [0.5, 0.6) is 0 Å². The second-order valence-corrected chi connectivity index (χ2v) is 5.57. The second kappa shape index (κ2) is 4.45. The number of hydrogen-bond donors (Lipinski definition) is 2. The third-order valence-corrected chi connectivity index (χ3v) is 3.71. The monoisotopic (exact) mass is 272 g/mol. The van der Waals surface area contributed by atoms with Crippen molar-refractivity contribution in [2.45, 2.75) is 18.9 Å². The first-order chi connectivity index (χ1) is 9.46. The fourth-order valence-electron chi connectivity index (χ4n) is 2.60. The van der Waals surface area contributed by atoms with Gasteiger partial charge in [0.05, 0.1) is 5.60 Å². The Labute approximate surface area is 115 Å². The van der Waals surface area contributed by atoms with Gasteiger partial charge in [0.2, 0.25) is 0 Å². The summed E-state index contributed by atoms with van der Waals surface area (Å²) in [4.78, 5) is 28.9. The Balaban J connectivity index is 1.99. The second-order valence-electron chi connectivity index (χ2n) is 5.57. The predicted octanol–water partition coefficient (Wildman–Crippen LogP) is 1.13. The first kappa shape index (κ1) is 12.9. The van der Waals surface area contributed by atoms with Crippen LogP contribution in [0.1, 0.15) is 23.8 Å². The van der Waals surface area contributed by atoms with Crippen molar-refractivity contribution in [2.24, 2.45) is 0 Å². The maximum absolute atomic E-state index is 12.4. The van der Waals surface area contributed by atoms with E-state index in [2.05, 4.69) is 4.98 Å². The number of nitrogens with one attached hydrogen (secondary N) is 1. The van der Waals surface area contributed by atoms with Gasteiger partial charge in [-0.25, -0.2) is 0 Å². The topological polar surface area (TPSA) is 73.4 Å². The molecule has 2 aromatic rings. The number of aromatic amines is 1. The normalized spacial score (nSPS) is 22.4. The molecule has 0 radical (unpaired) electrons. The van der Waals surface area contributed by atoms with E-state index < -0.39 is 5.60 Å². The number of β-amino-alcohol motifs (C(OH)–C–C–N with tert-alkyl or cyclic N) is 1. The van der Waals surface area contributed by atoms with Gasteiger partial charge < -0.3 is 15.0 Å². The minimum Gasteiger partial charge on any atom is -0.388 e. The van der Waals surface area contributed by atoms with Gasteiger partial charge in [-0.3, -0.25) is 9.59 Å². The van der Waals surface area contributed by atoms with Crippen LogP contribution in [0.2, 0.25) is 0 Å². The van der Waals surface area contributed by atoms with Crippen molar-refractivity contribution in [3.63, 3.8) is 0 Å². The van der Waals surface area contributed by atoms with Crippen LogP contribution >= 0.6 is 0 Å². The molecule has 20 heavy (non-hydrogen) atoms. The molecule has 1 aromatic carbocycles. The van der Waals surface area contributed by atoms with E-state index in [1.54, 1.807) is 30.0 Å². The summed E-state index contributed by atoms with van der Waals surface area (Å²) in [5.41, 5.74) is -0.0957. The van der Waals surface area contributed by atoms with Gasteiger partial charge >= 0.3 is 0 Å². The summed E-state index contributed by atoms with van der Waals surface area (Å²) in [6.07, 6.45) is 0.552. The molecule has 104 valence electrons. The van der Waals surface area contributed by atoms with E-state index in [0.717, 1.165) is 0 Å². The van der Waals surface area contributed by atoms with Gasteiger partial charge in [0, 0.05) is 30.1 Å². The number of carbonyl (C=O) groups excluding carboxylic acids is 1. The zero-order valence-corrected chi connectivity index (χ0v) is 11.2. The van der Waals surface area contributed by atoms with Crippen LogP contribution < -0.4 is 5.43 Å². The number of rotatable bonds is 1. The molecule has 0 aliphatic carbocycles. The van der Waals surface area contributed by atoms with E-state index in [0.29, 0.717) is 30.4 Å². The molecular formula is C15H16N2O3. The molecule has 1 saturated heterocycles. The molecule has 1 atom stereocenters. The number of benzene rings is 1. The largest absolute Gasteiger partial charge is 0.388 e. The van der Waals surface area contributed by atoms with E-state index in [9.17, 15) is 14.7 Å². The highest BCUT2D eigenvalue weighted by atomic mass is 16.3. The highest BCUT2D eigenvalue weighted by Gasteiger charge is 2.34. The van der Waals surface area contributed by atoms with Gasteiger partial charge in [-0.15, -0.1) is 0 Å². The van der Waals surface area contributed by atoms with Crippen molar-refractivity contribution in [2.75, 3.05) is 13.1 Å². The van der Waals surface area contributed by atoms with Crippen molar-refractivity contribution in [1.82, 2.24) is 9.88 Å². The zero-order valence-electron chi connectivity index (χ0n) is 11.2. The minimum absolute atomic E-state index is 0.173. The van der Waals surface area contributed by atoms with Crippen molar-refractivity contribution in [3.05, 3.63) is 46.2 Å². The molecular weight excluding hydrogens is 256 g/mol. The van der Waals surface area contributed by atoms with Crippen molar-refractivity contribution < 1.29 is 9.90 Å². The molecule has 1 fully saturated rings. The maximum Gasteiger partial charge on any atom is 0.270 e. The maximum atomic E-state index is 12.4. The van der Waals surface area contributed by atoms with E-state index in [-0.39, 0.29) is 17.0 Å². The summed E-state index contributed by atoms with van der Waals surface area (Å²) in [5.74, 6) is -0.245. The van der Waals surface area contributed by atoms with Crippen LogP contribution in [0.15, 0.2) is 35.1 Å². The number of aromatic nitrogens is 1. The lowest BCUT2D eigenvalue weighted by Gasteiger charge is -2.19. The molecule has 1 unspecified atom stereocenters. The summed E-state index contributed by atoms with van der Waals surface area (Å²) in [5, 5.41) is 10.5. The smallest absolute Gasteiger partial charge is 0.270 e. The first-order valence-corrected chi connectivity index (χ1v) is 6.60. The van der Waals surface area contributed by atoms with E-state index in [1.807, 2.05) is 6.07 Å². The molecule has 0 bridgehead atoms. The molecule has 3 rings (SSSR count). The highest BCUT2D eigenvalue weighted by Crippen LogP contribution is 2.21. The summed E-state index contributed by atoms with van der Waals surface area (Å²) in [7, 11) is 0. The lowest BCUT2D eigenvalue weighted by Crippen LogP contribution is -2.34. The number of pyridine rings is 1. The molecule has 5 heteroatoms. The number of carbonyl (C=O) groups is 1. The highest BCUT2D eigenvalue weighted by molar-refractivity contribution is 5.95. The number of H-pyrrole nitrogens is 1. The summed E-state index contributed by atoms with van der Waals surface area (Å²) in [6, 6.07) is 8.43. The molecule has 1 aliphatic heterocycles. The van der Waals surface area contributed by atoms with Crippen LogP contribution in [0.4, 0.5) is 0 Å². The zero-order chi connectivity index (χ0) is 14.3. The third kappa shape index (κ3) is 2.20. The SMILES string of the molecule is CC1(O)CCN(C(=O)c2cc(=O)c3ccccc3[nH]2)C1. The summed E-state index contributed by atoms with van der Waals surface area (Å²) in [6.45, 7) is 2.50. The van der Waals surface area contributed by atoms with Crippen LogP contribution in [0.25, 0.3) is 10.9 Å². The molecule has 0 saturated carbocycles. The van der Waals surface area contributed by atoms with Crippen LogP contribution in [0.3, 0.4) is 0 Å². The summed E-state index contributed by atoms with van der Waals surface area (Å²) < 4.78 is 0. The Morgan fingerprint density at radius 3 is 2.85 bits per heavy atom. The van der Waals surface area contributed by atoms with Gasteiger partial charge in [-0.2, -0.15) is 0 Å². The molecule has 1 aliphatic rings. The fraction of sp³-hybridized carbons (Fsp3) is 0.333. The lowest BCUT2D eigenvalue weighted by molar-refractivity contribution is 0.0569. The molecule has 5 nitrogen and oxygen atoms in total. The minimum atomic E-state index is -0.840. The van der Waals surface area contributed by atoms with E-state index in [1.165, 1.54) is 6.07 Å².